The highest BCUT2D eigenvalue weighted by molar-refractivity contribution is 6.08. The summed E-state index contributed by atoms with van der Waals surface area (Å²) in [6, 6.07) is 60.8. The van der Waals surface area contributed by atoms with Crippen LogP contribution in [0.15, 0.2) is 182 Å². The van der Waals surface area contributed by atoms with Gasteiger partial charge in [0, 0.05) is 106 Å². The summed E-state index contributed by atoms with van der Waals surface area (Å²) in [5.74, 6) is 4.17. The summed E-state index contributed by atoms with van der Waals surface area (Å²) in [7, 11) is 0. The maximum Gasteiger partial charge on any atom is 0.164 e. The second kappa shape index (κ2) is 33.1. The van der Waals surface area contributed by atoms with E-state index in [9.17, 15) is 10.1 Å². The van der Waals surface area contributed by atoms with Gasteiger partial charge in [-0.15, -0.1) is 0 Å². The van der Waals surface area contributed by atoms with Crippen molar-refractivity contribution in [2.75, 3.05) is 0 Å². The number of aldehydes is 1. The van der Waals surface area contributed by atoms with E-state index in [-0.39, 0.29) is 12.8 Å². The van der Waals surface area contributed by atoms with Crippen molar-refractivity contribution >= 4 is 94.6 Å². The number of H-pyrrole nitrogens is 4. The number of aromatic amines is 4. The van der Waals surface area contributed by atoms with Crippen molar-refractivity contribution in [3.8, 4) is 97.2 Å². The summed E-state index contributed by atoms with van der Waals surface area (Å²) in [6.45, 7) is 52.5. The molecule has 6 aromatic heterocycles. The second-order valence-electron chi connectivity index (χ2n) is 38.3. The molecule has 18 nitrogen and oxygen atoms in total. The smallest absolute Gasteiger partial charge is 0.164 e. The molecule has 114 heavy (non-hydrogen) atoms. The summed E-state index contributed by atoms with van der Waals surface area (Å²) in [5, 5.41) is 16.9. The number of nitrogens with zero attached hydrogens (tertiary/aromatic N) is 13. The van der Waals surface area contributed by atoms with E-state index in [4.69, 9.17) is 59.8 Å². The molecule has 0 amide bonds. The Morgan fingerprint density at radius 1 is 0.246 bits per heavy atom. The summed E-state index contributed by atoms with van der Waals surface area (Å²) in [6.07, 6.45) is 0.821. The molecule has 8 aromatic carbocycles. The molecule has 0 spiro atoms. The Labute approximate surface area is 682 Å². The first kappa shape index (κ1) is 82.6. The van der Waals surface area contributed by atoms with Gasteiger partial charge < -0.3 is 19.9 Å². The lowest BCUT2D eigenvalue weighted by Crippen LogP contribution is -1.93. The van der Waals surface area contributed by atoms with Crippen LogP contribution in [0.4, 0.5) is 0 Å². The van der Waals surface area contributed by atoms with E-state index in [0.29, 0.717) is 135 Å². The van der Waals surface area contributed by atoms with Crippen molar-refractivity contribution < 1.29 is 17.6 Å². The van der Waals surface area contributed by atoms with Gasteiger partial charge in [-0.25, -0.2) is 59.8 Å². The van der Waals surface area contributed by atoms with E-state index >= 15 is 0 Å². The van der Waals surface area contributed by atoms with Gasteiger partial charge in [0.25, 0.3) is 0 Å². The fourth-order valence-electron chi connectivity index (χ4n) is 11.4. The van der Waals surface area contributed by atoms with Crippen LogP contribution < -0.4 is 0 Å². The Hall–Kier alpha value is -12.4. The predicted molar refractivity (Wildman–Crippen MR) is 492 cm³/mol. The van der Waals surface area contributed by atoms with Gasteiger partial charge in [0.1, 0.15) is 51.5 Å². The van der Waals surface area contributed by atoms with Crippen LogP contribution in [0.25, 0.3) is 179 Å². The van der Waals surface area contributed by atoms with Gasteiger partial charge in [-0.3, -0.25) is 4.79 Å². The van der Waals surface area contributed by atoms with Crippen LogP contribution in [-0.2, 0) is 0 Å². The predicted octanol–water partition coefficient (Wildman–Crippen LogP) is 28.0. The molecule has 18 heteroatoms. The number of carbonyl (C=O) groups excluding carboxylic acids is 1. The van der Waals surface area contributed by atoms with Gasteiger partial charge in [-0.05, 0) is 62.8 Å². The quantitative estimate of drug-likeness (QED) is 0.111. The zero-order valence-corrected chi connectivity index (χ0v) is 70.6. The third-order valence-electron chi connectivity index (χ3n) is 15.4. The van der Waals surface area contributed by atoms with Crippen LogP contribution in [0.5, 0.6) is 0 Å². The van der Waals surface area contributed by atoms with Gasteiger partial charge in [0.05, 0.1) is 11.6 Å². The van der Waals surface area contributed by atoms with E-state index < -0.39 is 0 Å². The normalized spacial score (nSPS) is 11.9. The highest BCUT2D eigenvalue weighted by Gasteiger charge is 2.26. The Balaban J connectivity index is 0.000000594. The van der Waals surface area contributed by atoms with Crippen LogP contribution in [0.3, 0.4) is 0 Å². The molecule has 0 aliphatic carbocycles. The molecule has 0 saturated carbocycles. The van der Waals surface area contributed by atoms with Gasteiger partial charge >= 0.3 is 0 Å². The van der Waals surface area contributed by atoms with Crippen LogP contribution in [-0.4, -0.2) is 86.0 Å². The van der Waals surface area contributed by atoms with Gasteiger partial charge in [0.15, 0.2) is 46.6 Å². The average molecular weight is 1530 g/mol. The van der Waals surface area contributed by atoms with Gasteiger partial charge in [-0.1, -0.05) is 318 Å². The van der Waals surface area contributed by atoms with E-state index in [1.54, 1.807) is 24.3 Å². The molecular formula is C96H125N17O. The first-order valence-electron chi connectivity index (χ1n) is 38.8. The van der Waals surface area contributed by atoms with E-state index in [2.05, 4.69) is 192 Å². The van der Waals surface area contributed by atoms with Crippen LogP contribution in [0, 0.1) is 43.8 Å². The highest BCUT2D eigenvalue weighted by Crippen LogP contribution is 2.41. The lowest BCUT2D eigenvalue weighted by molar-refractivity contribution is 0.112. The molecule has 0 unspecified atom stereocenters. The van der Waals surface area contributed by atoms with E-state index in [1.165, 1.54) is 0 Å². The summed E-state index contributed by atoms with van der Waals surface area (Å²) >= 11 is 0. The number of nitriles is 1. The Morgan fingerprint density at radius 2 is 0.421 bits per heavy atom. The largest absolute Gasteiger partial charge is 0.324 e. The molecule has 0 saturated heterocycles. The number of hydrogen-bond acceptors (Lipinski definition) is 14. The van der Waals surface area contributed by atoms with Crippen LogP contribution in [0.1, 0.15) is 195 Å². The number of carbonyl (C=O) groups is 1. The molecule has 0 radical (unpaired) electrons. The molecule has 0 atom stereocenters. The first-order chi connectivity index (χ1) is 53.5. The maximum absolute atomic E-state index is 11.7. The number of fused-ring (bicyclic) bond motifs is 40. The number of aromatic nitrogens is 16. The van der Waals surface area contributed by atoms with Gasteiger partial charge in [0.2, 0.25) is 0 Å². The molecule has 14 aromatic rings. The minimum absolute atomic E-state index is 0. The molecule has 10 heterocycles. The van der Waals surface area contributed by atoms with Crippen molar-refractivity contribution in [3.05, 3.63) is 193 Å². The monoisotopic (exact) mass is 1530 g/mol. The Morgan fingerprint density at radius 3 is 0.623 bits per heavy atom. The van der Waals surface area contributed by atoms with Crippen molar-refractivity contribution in [2.45, 2.75) is 166 Å². The van der Waals surface area contributed by atoms with Crippen molar-refractivity contribution in [1.82, 2.24) is 79.7 Å². The molecule has 600 valence electrons. The Bertz CT molecular complexity index is 6230. The summed E-state index contributed by atoms with van der Waals surface area (Å²) in [4.78, 5) is 84.8. The zero-order chi connectivity index (χ0) is 82.6. The van der Waals surface area contributed by atoms with E-state index in [0.717, 1.165) is 93.9 Å². The van der Waals surface area contributed by atoms with Crippen molar-refractivity contribution in [3.63, 3.8) is 0 Å². The number of benzene rings is 8. The second-order valence-corrected chi connectivity index (χ2v) is 38.3. The minimum atomic E-state index is 0. The molecule has 18 rings (SSSR count). The maximum atomic E-state index is 11.7. The van der Waals surface area contributed by atoms with Crippen LogP contribution in [0.2, 0.25) is 0 Å². The van der Waals surface area contributed by atoms with Gasteiger partial charge in [-0.2, -0.15) is 5.26 Å². The molecule has 16 bridgehead atoms. The topological polar surface area (TPSA) is 259 Å². The minimum Gasteiger partial charge on any atom is -0.324 e. The van der Waals surface area contributed by atoms with Crippen molar-refractivity contribution in [2.24, 2.45) is 32.5 Å². The lowest BCUT2D eigenvalue weighted by atomic mass is 10.0. The zero-order valence-electron chi connectivity index (χ0n) is 70.6. The molecule has 4 aliphatic heterocycles. The standard InChI is InChI=1S/C33H17N9.C33H18N8O.6C5H12.9H2/c34-16-17-13-14-24-25(15-17)33-41-31-23-12-6-5-11-22(23)29(39-31)37-27-19-8-2-1-7-18(19)26(35-27)36-28-20-9-3-4-10-21(20)30(38-28)40-32(24)42-33;42-16-17-13-14-24-25(15-17)33-40-31-23-12-6-5-11-22(23)29(38-31)36-27-19-8-2-1-7-18(19)26(34-27)35-28-20-9-3-4-10-21(20)30(37-28)39-32(24)41-33;6*1-5(2,3)4;;;;;;;;;/h1-15H,(H2,35,36,37,38,39,40,41,42);1-16H,(H2,34,35,36,37,38,39,40,41);6*1-4H3;9*1H. The number of hydrogen-bond donors (Lipinski definition) is 4. The SMILES string of the molecule is CC(C)(C)C.CC(C)(C)C.CC(C)(C)C.CC(C)(C)C.CC(C)(C)C.CC(C)(C)C.N#Cc1ccc2c(c1)-c1nc-2nc2[nH]c(nc3nc(nc4[nH]c(n1)c1ccccc41)-c1ccccc1-3)c1ccccc21.O=Cc1ccc2c(c1)-c1nc-2nc2[nH]c(nc3nc(nc4[nH]c(n1)c1ccccc41)-c1ccccc1-3)c1ccccc21.[HH].[HH].[HH].[HH].[HH].[HH].[HH].[HH].[HH]. The summed E-state index contributed by atoms with van der Waals surface area (Å²) in [5.41, 5.74) is 15.7. The number of nitrogens with one attached hydrogen (secondary N) is 4. The fourth-order valence-corrected chi connectivity index (χ4v) is 11.4. The summed E-state index contributed by atoms with van der Waals surface area (Å²) < 4.78 is 0. The number of rotatable bonds is 1. The van der Waals surface area contributed by atoms with Crippen LogP contribution >= 0.6 is 0 Å². The molecule has 0 fully saturated rings. The third kappa shape index (κ3) is 21.6. The molecule has 4 N–H and O–H groups in total. The molecular weight excluding hydrogens is 1410 g/mol. The first-order valence-corrected chi connectivity index (χ1v) is 38.8. The highest BCUT2D eigenvalue weighted by atomic mass is 16.1. The molecule has 4 aliphatic rings. The lowest BCUT2D eigenvalue weighted by Gasteiger charge is -2.05. The third-order valence-corrected chi connectivity index (χ3v) is 15.4. The van der Waals surface area contributed by atoms with E-state index in [1.807, 2.05) is 158 Å². The Kier molecular flexibility index (Phi) is 24.0. The van der Waals surface area contributed by atoms with Crippen molar-refractivity contribution in [1.29, 1.82) is 5.26 Å². The fraction of sp³-hybridized carbons (Fsp3) is 0.312. The average Bonchev–Trinajstić information content (AvgIpc) is 1.60.